The Labute approximate surface area is 121 Å². The number of nitrogens with one attached hydrogen (secondary N) is 1. The Balaban J connectivity index is 1.86. The van der Waals surface area contributed by atoms with E-state index < -0.39 is 0 Å². The van der Waals surface area contributed by atoms with Crippen molar-refractivity contribution in [2.75, 3.05) is 7.05 Å². The first-order valence-electron chi connectivity index (χ1n) is 7.43. The van der Waals surface area contributed by atoms with Gasteiger partial charge in [0.2, 0.25) is 0 Å². The van der Waals surface area contributed by atoms with Crippen LogP contribution >= 0.6 is 0 Å². The van der Waals surface area contributed by atoms with Crippen molar-refractivity contribution < 1.29 is 0 Å². The zero-order valence-corrected chi connectivity index (χ0v) is 12.6. The van der Waals surface area contributed by atoms with Crippen LogP contribution < -0.4 is 5.32 Å². The van der Waals surface area contributed by atoms with Gasteiger partial charge in [-0.15, -0.1) is 0 Å². The standard InChI is InChI=1S/C17H23N3/c1-12-10-15(20(3)19-12)11-14-9-8-13-6-4-5-7-16(13)17(14)18-2/h4-7,10,14,17-18H,8-9,11H2,1-3H3. The second-order valence-corrected chi connectivity index (χ2v) is 5.87. The summed E-state index contributed by atoms with van der Waals surface area (Å²) in [4.78, 5) is 0. The van der Waals surface area contributed by atoms with Crippen molar-refractivity contribution in [2.45, 2.75) is 32.2 Å². The first-order valence-corrected chi connectivity index (χ1v) is 7.43. The van der Waals surface area contributed by atoms with E-state index in [0.29, 0.717) is 12.0 Å². The Morgan fingerprint density at radius 3 is 2.85 bits per heavy atom. The lowest BCUT2D eigenvalue weighted by Crippen LogP contribution is -2.31. The highest BCUT2D eigenvalue weighted by atomic mass is 15.3. The van der Waals surface area contributed by atoms with E-state index in [1.165, 1.54) is 29.7 Å². The van der Waals surface area contributed by atoms with E-state index >= 15 is 0 Å². The maximum Gasteiger partial charge on any atom is 0.0596 e. The molecule has 3 heteroatoms. The molecule has 1 aromatic carbocycles. The molecule has 20 heavy (non-hydrogen) atoms. The maximum absolute atomic E-state index is 4.47. The quantitative estimate of drug-likeness (QED) is 0.928. The summed E-state index contributed by atoms with van der Waals surface area (Å²) in [6, 6.07) is 11.5. The number of aryl methyl sites for hydroxylation is 3. The molecular formula is C17H23N3. The van der Waals surface area contributed by atoms with E-state index in [-0.39, 0.29) is 0 Å². The minimum absolute atomic E-state index is 0.454. The van der Waals surface area contributed by atoms with Gasteiger partial charge in [-0.05, 0) is 56.3 Å². The first kappa shape index (κ1) is 13.4. The van der Waals surface area contributed by atoms with Crippen molar-refractivity contribution in [1.29, 1.82) is 0 Å². The normalized spacial score (nSPS) is 21.8. The molecule has 0 bridgehead atoms. The molecule has 1 aromatic heterocycles. The predicted molar refractivity (Wildman–Crippen MR) is 81.7 cm³/mol. The number of aromatic nitrogens is 2. The molecule has 1 aliphatic rings. The molecule has 0 saturated carbocycles. The van der Waals surface area contributed by atoms with Crippen LogP contribution in [-0.2, 0) is 19.9 Å². The van der Waals surface area contributed by atoms with E-state index in [2.05, 4.69) is 54.7 Å². The van der Waals surface area contributed by atoms with E-state index in [1.807, 2.05) is 11.7 Å². The average Bonchev–Trinajstić information content (AvgIpc) is 2.76. The minimum atomic E-state index is 0.454. The molecule has 106 valence electrons. The van der Waals surface area contributed by atoms with Gasteiger partial charge in [0.15, 0.2) is 0 Å². The first-order chi connectivity index (χ1) is 9.69. The molecule has 1 N–H and O–H groups in total. The topological polar surface area (TPSA) is 29.9 Å². The van der Waals surface area contributed by atoms with Crippen LogP contribution in [-0.4, -0.2) is 16.8 Å². The van der Waals surface area contributed by atoms with Gasteiger partial charge in [0.05, 0.1) is 5.69 Å². The van der Waals surface area contributed by atoms with Gasteiger partial charge in [0.25, 0.3) is 0 Å². The predicted octanol–water partition coefficient (Wildman–Crippen LogP) is 2.79. The summed E-state index contributed by atoms with van der Waals surface area (Å²) in [6.45, 7) is 2.06. The number of rotatable bonds is 3. The molecule has 0 saturated heterocycles. The zero-order chi connectivity index (χ0) is 14.1. The molecule has 2 aromatic rings. The van der Waals surface area contributed by atoms with Gasteiger partial charge in [-0.1, -0.05) is 24.3 Å². The van der Waals surface area contributed by atoms with Gasteiger partial charge < -0.3 is 5.32 Å². The largest absolute Gasteiger partial charge is 0.313 e. The van der Waals surface area contributed by atoms with Crippen LogP contribution in [0.15, 0.2) is 30.3 Å². The second-order valence-electron chi connectivity index (χ2n) is 5.87. The maximum atomic E-state index is 4.47. The molecule has 0 amide bonds. The van der Waals surface area contributed by atoms with E-state index in [4.69, 9.17) is 0 Å². The molecule has 3 nitrogen and oxygen atoms in total. The van der Waals surface area contributed by atoms with Crippen LogP contribution in [0.5, 0.6) is 0 Å². The minimum Gasteiger partial charge on any atom is -0.313 e. The van der Waals surface area contributed by atoms with E-state index in [0.717, 1.165) is 12.1 Å². The fraction of sp³-hybridized carbons (Fsp3) is 0.471. The summed E-state index contributed by atoms with van der Waals surface area (Å²) in [7, 11) is 4.13. The summed E-state index contributed by atoms with van der Waals surface area (Å²) >= 11 is 0. The van der Waals surface area contributed by atoms with Crippen molar-refractivity contribution in [3.05, 3.63) is 52.8 Å². The molecule has 2 unspecified atom stereocenters. The highest BCUT2D eigenvalue weighted by molar-refractivity contribution is 5.33. The molecule has 3 rings (SSSR count). The summed E-state index contributed by atoms with van der Waals surface area (Å²) < 4.78 is 2.03. The van der Waals surface area contributed by atoms with Crippen LogP contribution in [0.4, 0.5) is 0 Å². The summed E-state index contributed by atoms with van der Waals surface area (Å²) in [5.41, 5.74) is 5.43. The molecule has 0 spiro atoms. The smallest absolute Gasteiger partial charge is 0.0596 e. The second kappa shape index (κ2) is 5.41. The Bertz CT molecular complexity index is 600. The van der Waals surface area contributed by atoms with Crippen molar-refractivity contribution in [3.63, 3.8) is 0 Å². The lowest BCUT2D eigenvalue weighted by Gasteiger charge is -2.33. The van der Waals surface area contributed by atoms with E-state index in [1.54, 1.807) is 0 Å². The molecule has 0 fully saturated rings. The van der Waals surface area contributed by atoms with Crippen molar-refractivity contribution >= 4 is 0 Å². The van der Waals surface area contributed by atoms with Gasteiger partial charge in [0, 0.05) is 18.8 Å². The zero-order valence-electron chi connectivity index (χ0n) is 12.6. The molecule has 0 radical (unpaired) electrons. The van der Waals surface area contributed by atoms with Crippen LogP contribution in [0.25, 0.3) is 0 Å². The molecular weight excluding hydrogens is 246 g/mol. The monoisotopic (exact) mass is 269 g/mol. The van der Waals surface area contributed by atoms with Crippen molar-refractivity contribution in [1.82, 2.24) is 15.1 Å². The number of fused-ring (bicyclic) bond motifs is 1. The molecule has 1 heterocycles. The van der Waals surface area contributed by atoms with Crippen LogP contribution in [0, 0.1) is 12.8 Å². The van der Waals surface area contributed by atoms with Gasteiger partial charge in [0.1, 0.15) is 0 Å². The highest BCUT2D eigenvalue weighted by Gasteiger charge is 2.28. The van der Waals surface area contributed by atoms with Gasteiger partial charge in [-0.25, -0.2) is 0 Å². The SMILES string of the molecule is CNC1c2ccccc2CCC1Cc1cc(C)nn1C. The molecule has 0 aliphatic heterocycles. The summed E-state index contributed by atoms with van der Waals surface area (Å²) in [5.74, 6) is 0.643. The Hall–Kier alpha value is -1.61. The van der Waals surface area contributed by atoms with Crippen molar-refractivity contribution in [3.8, 4) is 0 Å². The number of nitrogens with zero attached hydrogens (tertiary/aromatic N) is 2. The Kier molecular flexibility index (Phi) is 3.62. The third-order valence-electron chi connectivity index (χ3n) is 4.53. The van der Waals surface area contributed by atoms with Gasteiger partial charge >= 0.3 is 0 Å². The average molecular weight is 269 g/mol. The molecule has 1 aliphatic carbocycles. The Morgan fingerprint density at radius 1 is 1.35 bits per heavy atom. The van der Waals surface area contributed by atoms with Crippen LogP contribution in [0.3, 0.4) is 0 Å². The van der Waals surface area contributed by atoms with Gasteiger partial charge in [-0.3, -0.25) is 4.68 Å². The number of hydrogen-bond acceptors (Lipinski definition) is 2. The fourth-order valence-corrected chi connectivity index (χ4v) is 3.56. The molecule has 2 atom stereocenters. The summed E-state index contributed by atoms with van der Waals surface area (Å²) in [5, 5.41) is 8.00. The lowest BCUT2D eigenvalue weighted by atomic mass is 9.77. The highest BCUT2D eigenvalue weighted by Crippen LogP contribution is 2.36. The van der Waals surface area contributed by atoms with Crippen LogP contribution in [0.2, 0.25) is 0 Å². The fourth-order valence-electron chi connectivity index (χ4n) is 3.56. The lowest BCUT2D eigenvalue weighted by molar-refractivity contribution is 0.329. The third kappa shape index (κ3) is 2.38. The van der Waals surface area contributed by atoms with Crippen molar-refractivity contribution in [2.24, 2.45) is 13.0 Å². The van der Waals surface area contributed by atoms with Crippen LogP contribution in [0.1, 0.15) is 35.0 Å². The number of hydrogen-bond donors (Lipinski definition) is 1. The number of benzene rings is 1. The van der Waals surface area contributed by atoms with Gasteiger partial charge in [-0.2, -0.15) is 5.10 Å². The third-order valence-corrected chi connectivity index (χ3v) is 4.53. The Morgan fingerprint density at radius 2 is 2.15 bits per heavy atom. The van der Waals surface area contributed by atoms with E-state index in [9.17, 15) is 0 Å². The summed E-state index contributed by atoms with van der Waals surface area (Å²) in [6.07, 6.45) is 3.53.